The van der Waals surface area contributed by atoms with Gasteiger partial charge in [0.05, 0.1) is 6.61 Å². The maximum Gasteiger partial charge on any atom is 0.128 e. The standard InChI is InChI=1S/C7H13FO/c1-7(2)3-4-9-5-6(7)8/h6H,3-5H2,1-2H3. The largest absolute Gasteiger partial charge is 0.378 e. The van der Waals surface area contributed by atoms with Crippen molar-refractivity contribution in [3.63, 3.8) is 0 Å². The van der Waals surface area contributed by atoms with Crippen molar-refractivity contribution < 1.29 is 9.13 Å². The van der Waals surface area contributed by atoms with Crippen molar-refractivity contribution in [3.05, 3.63) is 0 Å². The Morgan fingerprint density at radius 3 is 2.56 bits per heavy atom. The fraction of sp³-hybridized carbons (Fsp3) is 1.00. The second-order valence-electron chi connectivity index (χ2n) is 3.28. The van der Waals surface area contributed by atoms with E-state index in [2.05, 4.69) is 0 Å². The van der Waals surface area contributed by atoms with Crippen LogP contribution in [-0.4, -0.2) is 19.4 Å². The Labute approximate surface area is 55.2 Å². The molecule has 1 heterocycles. The number of hydrogen-bond acceptors (Lipinski definition) is 1. The first-order chi connectivity index (χ1) is 4.13. The van der Waals surface area contributed by atoms with Gasteiger partial charge in [-0.3, -0.25) is 0 Å². The highest BCUT2D eigenvalue weighted by Crippen LogP contribution is 2.30. The fourth-order valence-electron chi connectivity index (χ4n) is 0.904. The van der Waals surface area contributed by atoms with Gasteiger partial charge in [0, 0.05) is 12.0 Å². The summed E-state index contributed by atoms with van der Waals surface area (Å²) in [6.45, 7) is 4.89. The van der Waals surface area contributed by atoms with Gasteiger partial charge in [-0.25, -0.2) is 4.39 Å². The van der Waals surface area contributed by atoms with Crippen LogP contribution in [0.25, 0.3) is 0 Å². The molecule has 1 nitrogen and oxygen atoms in total. The zero-order chi connectivity index (χ0) is 6.91. The number of alkyl halides is 1. The van der Waals surface area contributed by atoms with Gasteiger partial charge in [0.25, 0.3) is 0 Å². The van der Waals surface area contributed by atoms with Crippen LogP contribution < -0.4 is 0 Å². The van der Waals surface area contributed by atoms with Crippen molar-refractivity contribution in [2.75, 3.05) is 13.2 Å². The second-order valence-corrected chi connectivity index (χ2v) is 3.28. The molecular formula is C7H13FO. The third kappa shape index (κ3) is 1.42. The SMILES string of the molecule is CC1(C)CCOCC1F. The molecule has 0 bridgehead atoms. The van der Waals surface area contributed by atoms with Crippen molar-refractivity contribution in [1.29, 1.82) is 0 Å². The summed E-state index contributed by atoms with van der Waals surface area (Å²) in [6.07, 6.45) is 0.0694. The van der Waals surface area contributed by atoms with Crippen LogP contribution in [0.3, 0.4) is 0 Å². The van der Waals surface area contributed by atoms with Gasteiger partial charge < -0.3 is 4.74 Å². The molecule has 1 unspecified atom stereocenters. The lowest BCUT2D eigenvalue weighted by atomic mass is 9.83. The minimum Gasteiger partial charge on any atom is -0.378 e. The van der Waals surface area contributed by atoms with Crippen molar-refractivity contribution in [2.24, 2.45) is 5.41 Å². The number of hydrogen-bond donors (Lipinski definition) is 0. The summed E-state index contributed by atoms with van der Waals surface area (Å²) in [6, 6.07) is 0. The summed E-state index contributed by atoms with van der Waals surface area (Å²) in [7, 11) is 0. The molecule has 9 heavy (non-hydrogen) atoms. The molecule has 54 valence electrons. The summed E-state index contributed by atoms with van der Waals surface area (Å²) in [5, 5.41) is 0. The molecule has 2 heteroatoms. The van der Waals surface area contributed by atoms with Gasteiger partial charge in [0.1, 0.15) is 6.17 Å². The van der Waals surface area contributed by atoms with E-state index in [1.807, 2.05) is 13.8 Å². The normalized spacial score (nSPS) is 34.3. The predicted octanol–water partition coefficient (Wildman–Crippen LogP) is 1.77. The van der Waals surface area contributed by atoms with E-state index in [4.69, 9.17) is 4.74 Å². The lowest BCUT2D eigenvalue weighted by Gasteiger charge is -2.32. The summed E-state index contributed by atoms with van der Waals surface area (Å²) in [4.78, 5) is 0. The average Bonchev–Trinajstić information content (AvgIpc) is 1.77. The highest BCUT2D eigenvalue weighted by atomic mass is 19.1. The Bertz CT molecular complexity index is 101. The molecule has 0 N–H and O–H groups in total. The quantitative estimate of drug-likeness (QED) is 0.488. The van der Waals surface area contributed by atoms with E-state index in [1.54, 1.807) is 0 Å². The topological polar surface area (TPSA) is 9.23 Å². The lowest BCUT2D eigenvalue weighted by molar-refractivity contribution is -0.0399. The van der Waals surface area contributed by atoms with Gasteiger partial charge in [-0.2, -0.15) is 0 Å². The zero-order valence-corrected chi connectivity index (χ0v) is 5.98. The molecule has 1 atom stereocenters. The van der Waals surface area contributed by atoms with Crippen LogP contribution in [0.5, 0.6) is 0 Å². The Balaban J connectivity index is 2.49. The monoisotopic (exact) mass is 132 g/mol. The predicted molar refractivity (Wildman–Crippen MR) is 34.1 cm³/mol. The molecule has 0 amide bonds. The minimum atomic E-state index is -0.772. The van der Waals surface area contributed by atoms with Crippen LogP contribution in [0.2, 0.25) is 0 Å². The summed E-state index contributed by atoms with van der Waals surface area (Å²) >= 11 is 0. The average molecular weight is 132 g/mol. The highest BCUT2D eigenvalue weighted by Gasteiger charge is 2.32. The summed E-state index contributed by atoms with van der Waals surface area (Å²) < 4.78 is 17.8. The molecule has 1 rings (SSSR count). The molecule has 0 aliphatic carbocycles. The van der Waals surface area contributed by atoms with Gasteiger partial charge >= 0.3 is 0 Å². The Morgan fingerprint density at radius 2 is 2.22 bits per heavy atom. The molecular weight excluding hydrogens is 119 g/mol. The molecule has 1 aliphatic rings. The molecule has 0 aromatic heterocycles. The van der Waals surface area contributed by atoms with Crippen LogP contribution >= 0.6 is 0 Å². The van der Waals surface area contributed by atoms with E-state index >= 15 is 0 Å². The number of ether oxygens (including phenoxy) is 1. The van der Waals surface area contributed by atoms with E-state index < -0.39 is 6.17 Å². The van der Waals surface area contributed by atoms with Crippen molar-refractivity contribution >= 4 is 0 Å². The molecule has 1 aliphatic heterocycles. The van der Waals surface area contributed by atoms with Gasteiger partial charge in [0.15, 0.2) is 0 Å². The van der Waals surface area contributed by atoms with Crippen LogP contribution in [0.4, 0.5) is 4.39 Å². The van der Waals surface area contributed by atoms with Crippen LogP contribution in [0.15, 0.2) is 0 Å². The van der Waals surface area contributed by atoms with E-state index in [1.165, 1.54) is 0 Å². The van der Waals surface area contributed by atoms with Crippen molar-refractivity contribution in [3.8, 4) is 0 Å². The third-order valence-electron chi connectivity index (χ3n) is 2.00. The number of rotatable bonds is 0. The van der Waals surface area contributed by atoms with Gasteiger partial charge in [-0.1, -0.05) is 13.8 Å². The molecule has 0 saturated carbocycles. The smallest absolute Gasteiger partial charge is 0.128 e. The maximum atomic E-state index is 12.8. The first-order valence-electron chi connectivity index (χ1n) is 3.35. The van der Waals surface area contributed by atoms with E-state index in [-0.39, 0.29) is 12.0 Å². The molecule has 0 aromatic carbocycles. The van der Waals surface area contributed by atoms with Gasteiger partial charge in [-0.15, -0.1) is 0 Å². The molecule has 1 fully saturated rings. The van der Waals surface area contributed by atoms with Crippen LogP contribution in [0, 0.1) is 5.41 Å². The first-order valence-corrected chi connectivity index (χ1v) is 3.35. The van der Waals surface area contributed by atoms with Gasteiger partial charge in [-0.05, 0) is 6.42 Å². The molecule has 0 aromatic rings. The Hall–Kier alpha value is -0.110. The Morgan fingerprint density at radius 1 is 1.56 bits per heavy atom. The highest BCUT2D eigenvalue weighted by molar-refractivity contribution is 4.80. The zero-order valence-electron chi connectivity index (χ0n) is 5.98. The van der Waals surface area contributed by atoms with E-state index in [0.717, 1.165) is 6.42 Å². The first kappa shape index (κ1) is 7.00. The summed E-state index contributed by atoms with van der Waals surface area (Å²) in [5.41, 5.74) is -0.155. The number of halogens is 1. The fourth-order valence-corrected chi connectivity index (χ4v) is 0.904. The summed E-state index contributed by atoms with van der Waals surface area (Å²) in [5.74, 6) is 0. The van der Waals surface area contributed by atoms with Crippen LogP contribution in [0.1, 0.15) is 20.3 Å². The molecule has 0 radical (unpaired) electrons. The third-order valence-corrected chi connectivity index (χ3v) is 2.00. The van der Waals surface area contributed by atoms with Gasteiger partial charge in [0.2, 0.25) is 0 Å². The Kier molecular flexibility index (Phi) is 1.75. The lowest BCUT2D eigenvalue weighted by Crippen LogP contribution is -2.35. The van der Waals surface area contributed by atoms with E-state index in [0.29, 0.717) is 6.61 Å². The molecule has 1 saturated heterocycles. The van der Waals surface area contributed by atoms with Crippen LogP contribution in [-0.2, 0) is 4.74 Å². The van der Waals surface area contributed by atoms with Crippen molar-refractivity contribution in [2.45, 2.75) is 26.4 Å². The second kappa shape index (κ2) is 2.25. The van der Waals surface area contributed by atoms with Crippen molar-refractivity contribution in [1.82, 2.24) is 0 Å². The minimum absolute atomic E-state index is 0.155. The maximum absolute atomic E-state index is 12.8. The molecule has 0 spiro atoms. The van der Waals surface area contributed by atoms with E-state index in [9.17, 15) is 4.39 Å².